The van der Waals surface area contributed by atoms with E-state index in [0.717, 1.165) is 24.7 Å². The van der Waals surface area contributed by atoms with Crippen molar-refractivity contribution in [1.29, 1.82) is 5.26 Å². The number of rotatable bonds is 4. The monoisotopic (exact) mass is 378 g/mol. The second kappa shape index (κ2) is 10.3. The summed E-state index contributed by atoms with van der Waals surface area (Å²) in [5.74, 6) is 3.72. The fraction of sp³-hybridized carbons (Fsp3) is 0.769. The predicted octanol–water partition coefficient (Wildman–Crippen LogP) is 7.21. The molecule has 3 aliphatic rings. The lowest BCUT2D eigenvalue weighted by molar-refractivity contribution is 0.275. The molecule has 0 aromatic carbocycles. The van der Waals surface area contributed by atoms with Gasteiger partial charge in [0, 0.05) is 6.42 Å². The molecule has 2 heteroatoms. The van der Waals surface area contributed by atoms with Crippen LogP contribution in [0.2, 0.25) is 0 Å². The lowest BCUT2D eigenvalue weighted by atomic mass is 9.71. The van der Waals surface area contributed by atoms with Crippen molar-refractivity contribution < 1.29 is 0 Å². The van der Waals surface area contributed by atoms with Gasteiger partial charge in [-0.3, -0.25) is 0 Å². The molecule has 3 rings (SSSR count). The standard InChI is InChI=1S/C26H38N2/c1-19-4-8-21(9-5-19)12-14-23-17-26(28-3)24(16-25(23)18-27)15-13-22-10-6-20(2)7-11-22/h12-15,19-26H,4-11,16-17H2,1-2H3/b14-12+,15-13+. The fourth-order valence-corrected chi connectivity index (χ4v) is 5.52. The van der Waals surface area contributed by atoms with Crippen LogP contribution in [0.4, 0.5) is 0 Å². The van der Waals surface area contributed by atoms with Crippen LogP contribution in [-0.2, 0) is 0 Å². The highest BCUT2D eigenvalue weighted by Gasteiger charge is 2.39. The van der Waals surface area contributed by atoms with Crippen LogP contribution in [-0.4, -0.2) is 6.04 Å². The van der Waals surface area contributed by atoms with Gasteiger partial charge in [-0.25, -0.2) is 6.57 Å². The van der Waals surface area contributed by atoms with Crippen LogP contribution >= 0.6 is 0 Å². The molecule has 152 valence electrons. The van der Waals surface area contributed by atoms with Gasteiger partial charge in [-0.1, -0.05) is 63.8 Å². The quantitative estimate of drug-likeness (QED) is 0.375. The molecular weight excluding hydrogens is 340 g/mol. The van der Waals surface area contributed by atoms with E-state index >= 15 is 0 Å². The van der Waals surface area contributed by atoms with Gasteiger partial charge in [-0.05, 0) is 61.7 Å². The van der Waals surface area contributed by atoms with Crippen LogP contribution in [0.1, 0.15) is 78.1 Å². The number of nitrogens with zero attached hydrogens (tertiary/aromatic N) is 2. The van der Waals surface area contributed by atoms with Gasteiger partial charge < -0.3 is 4.85 Å². The molecular formula is C26H38N2. The Labute approximate surface area is 172 Å². The van der Waals surface area contributed by atoms with E-state index in [0.29, 0.717) is 11.8 Å². The van der Waals surface area contributed by atoms with E-state index in [-0.39, 0.29) is 23.8 Å². The van der Waals surface area contributed by atoms with E-state index in [1.54, 1.807) is 0 Å². The van der Waals surface area contributed by atoms with Crippen LogP contribution < -0.4 is 0 Å². The molecule has 0 N–H and O–H groups in total. The highest BCUT2D eigenvalue weighted by molar-refractivity contribution is 5.12. The summed E-state index contributed by atoms with van der Waals surface area (Å²) in [7, 11) is 0. The lowest BCUT2D eigenvalue weighted by Gasteiger charge is -2.31. The topological polar surface area (TPSA) is 28.1 Å². The van der Waals surface area contributed by atoms with Crippen molar-refractivity contribution in [1.82, 2.24) is 0 Å². The molecule has 0 amide bonds. The molecule has 2 nitrogen and oxygen atoms in total. The molecule has 3 saturated carbocycles. The van der Waals surface area contributed by atoms with Gasteiger partial charge in [-0.2, -0.15) is 5.26 Å². The minimum absolute atomic E-state index is 0.0457. The molecule has 4 unspecified atom stereocenters. The third kappa shape index (κ3) is 5.73. The number of allylic oxidation sites excluding steroid dienone is 3. The maximum Gasteiger partial charge on any atom is 0.230 e. The molecule has 4 atom stereocenters. The first-order valence-electron chi connectivity index (χ1n) is 11.7. The summed E-state index contributed by atoms with van der Waals surface area (Å²) in [5.41, 5.74) is 0. The van der Waals surface area contributed by atoms with Crippen molar-refractivity contribution >= 4 is 0 Å². The molecule has 0 aromatic heterocycles. The Morgan fingerprint density at radius 1 is 0.750 bits per heavy atom. The minimum atomic E-state index is 0.0457. The Morgan fingerprint density at radius 3 is 1.71 bits per heavy atom. The van der Waals surface area contributed by atoms with Crippen LogP contribution in [0.3, 0.4) is 0 Å². The van der Waals surface area contributed by atoms with Crippen molar-refractivity contribution in [3.8, 4) is 6.07 Å². The second-order valence-electron chi connectivity index (χ2n) is 10.0. The van der Waals surface area contributed by atoms with E-state index in [1.165, 1.54) is 51.4 Å². The predicted molar refractivity (Wildman–Crippen MR) is 116 cm³/mol. The first-order chi connectivity index (χ1) is 13.6. The third-order valence-corrected chi connectivity index (χ3v) is 7.76. The Balaban J connectivity index is 1.58. The average Bonchev–Trinajstić information content (AvgIpc) is 2.72. The van der Waals surface area contributed by atoms with Crippen LogP contribution in [0, 0.1) is 59.3 Å². The first kappa shape index (κ1) is 21.2. The van der Waals surface area contributed by atoms with Gasteiger partial charge in [0.2, 0.25) is 6.04 Å². The molecule has 3 aliphatic carbocycles. The van der Waals surface area contributed by atoms with Gasteiger partial charge in [0.1, 0.15) is 0 Å². The van der Waals surface area contributed by atoms with E-state index in [2.05, 4.69) is 49.1 Å². The molecule has 0 aliphatic heterocycles. The molecule has 0 radical (unpaired) electrons. The van der Waals surface area contributed by atoms with E-state index < -0.39 is 0 Å². The molecule has 0 bridgehead atoms. The second-order valence-corrected chi connectivity index (χ2v) is 10.0. The fourth-order valence-electron chi connectivity index (χ4n) is 5.52. The van der Waals surface area contributed by atoms with Crippen molar-refractivity contribution in [3.05, 3.63) is 35.7 Å². The van der Waals surface area contributed by atoms with Gasteiger partial charge in [0.05, 0.1) is 17.9 Å². The summed E-state index contributed by atoms with van der Waals surface area (Å²) < 4.78 is 0. The average molecular weight is 379 g/mol. The molecule has 3 fully saturated rings. The largest absolute Gasteiger partial charge is 0.313 e. The zero-order valence-electron chi connectivity index (χ0n) is 17.9. The van der Waals surface area contributed by atoms with Gasteiger partial charge in [-0.15, -0.1) is 0 Å². The molecule has 0 heterocycles. The van der Waals surface area contributed by atoms with Gasteiger partial charge in [0.25, 0.3) is 0 Å². The molecule has 0 saturated heterocycles. The van der Waals surface area contributed by atoms with Crippen molar-refractivity contribution in [2.75, 3.05) is 0 Å². The lowest BCUT2D eigenvalue weighted by Crippen LogP contribution is -2.31. The zero-order chi connectivity index (χ0) is 19.9. The maximum absolute atomic E-state index is 9.77. The highest BCUT2D eigenvalue weighted by atomic mass is 14.7. The molecule has 0 spiro atoms. The van der Waals surface area contributed by atoms with Crippen molar-refractivity contribution in [2.24, 2.45) is 41.4 Å². The van der Waals surface area contributed by atoms with Crippen LogP contribution in [0.5, 0.6) is 0 Å². The smallest absolute Gasteiger partial charge is 0.230 e. The minimum Gasteiger partial charge on any atom is -0.313 e. The maximum atomic E-state index is 9.77. The number of hydrogen-bond donors (Lipinski definition) is 0. The summed E-state index contributed by atoms with van der Waals surface area (Å²) in [6.07, 6.45) is 21.6. The van der Waals surface area contributed by atoms with Crippen molar-refractivity contribution in [2.45, 2.75) is 84.1 Å². The van der Waals surface area contributed by atoms with E-state index in [1.807, 2.05) is 0 Å². The SMILES string of the molecule is [C-]#[N+]C1CC(/C=C/C2CCC(C)CC2)C(C#N)CC1/C=C/C1CCC(C)CC1. The normalized spacial score (nSPS) is 42.3. The molecule has 0 aromatic rings. The Hall–Kier alpha value is -1.54. The summed E-state index contributed by atoms with van der Waals surface area (Å²) in [5, 5.41) is 9.77. The van der Waals surface area contributed by atoms with Gasteiger partial charge in [0.15, 0.2) is 0 Å². The first-order valence-corrected chi connectivity index (χ1v) is 11.7. The summed E-state index contributed by atoms with van der Waals surface area (Å²) >= 11 is 0. The Morgan fingerprint density at radius 2 is 1.25 bits per heavy atom. The Kier molecular flexibility index (Phi) is 7.79. The van der Waals surface area contributed by atoms with Crippen molar-refractivity contribution in [3.63, 3.8) is 0 Å². The molecule has 28 heavy (non-hydrogen) atoms. The van der Waals surface area contributed by atoms with E-state index in [4.69, 9.17) is 6.57 Å². The summed E-state index contributed by atoms with van der Waals surface area (Å²) in [4.78, 5) is 3.98. The highest BCUT2D eigenvalue weighted by Crippen LogP contribution is 2.39. The number of hydrogen-bond acceptors (Lipinski definition) is 1. The number of nitriles is 1. The zero-order valence-corrected chi connectivity index (χ0v) is 17.9. The van der Waals surface area contributed by atoms with Crippen LogP contribution in [0.15, 0.2) is 24.3 Å². The Bertz CT molecular complexity index is 562. The third-order valence-electron chi connectivity index (χ3n) is 7.76. The summed E-state index contributed by atoms with van der Waals surface area (Å²) in [6.45, 7) is 12.4. The van der Waals surface area contributed by atoms with E-state index in [9.17, 15) is 5.26 Å². The summed E-state index contributed by atoms with van der Waals surface area (Å²) in [6, 6.07) is 2.62. The van der Waals surface area contributed by atoms with Crippen LogP contribution in [0.25, 0.3) is 4.85 Å². The van der Waals surface area contributed by atoms with Gasteiger partial charge >= 0.3 is 0 Å².